The van der Waals surface area contributed by atoms with E-state index in [-0.39, 0.29) is 36.6 Å². The van der Waals surface area contributed by atoms with E-state index in [1.54, 1.807) is 0 Å². The lowest BCUT2D eigenvalue weighted by atomic mass is 10.0. The van der Waals surface area contributed by atoms with Gasteiger partial charge in [0.05, 0.1) is 26.4 Å². The highest BCUT2D eigenvalue weighted by molar-refractivity contribution is 5.75. The summed E-state index contributed by atoms with van der Waals surface area (Å²) >= 11 is 0. The number of hydrogen-bond acceptors (Lipinski definition) is 6. The molecule has 0 spiro atoms. The molecule has 1 N–H and O–H groups in total. The number of methoxy groups -OCH3 is 1. The van der Waals surface area contributed by atoms with E-state index < -0.39 is 0 Å². The number of carbonyl (C=O) groups is 1. The van der Waals surface area contributed by atoms with Crippen molar-refractivity contribution in [3.05, 3.63) is 35.9 Å². The molecule has 0 radical (unpaired) electrons. The SMILES string of the molecule is COC(=O)[C@H](CC(C)C)N[C@H]1CO[C@H](OCc2ccccc2)[C@@H]2O[C@@H]21. The Hall–Kier alpha value is -1.47. The second-order valence-corrected chi connectivity index (χ2v) is 7.04. The molecule has 0 bridgehead atoms. The van der Waals surface area contributed by atoms with Crippen molar-refractivity contribution in [2.75, 3.05) is 13.7 Å². The summed E-state index contributed by atoms with van der Waals surface area (Å²) in [6.07, 6.45) is 0.306. The maximum atomic E-state index is 12.0. The van der Waals surface area contributed by atoms with Crippen molar-refractivity contribution in [1.82, 2.24) is 5.32 Å². The summed E-state index contributed by atoms with van der Waals surface area (Å²) in [7, 11) is 1.42. The van der Waals surface area contributed by atoms with Gasteiger partial charge in [-0.1, -0.05) is 44.2 Å². The number of ether oxygens (including phenoxy) is 4. The molecule has 0 saturated carbocycles. The molecule has 3 rings (SSSR count). The molecule has 6 heteroatoms. The van der Waals surface area contributed by atoms with Crippen LogP contribution in [0.4, 0.5) is 0 Å². The first-order valence-electron chi connectivity index (χ1n) is 8.85. The Balaban J connectivity index is 1.49. The smallest absolute Gasteiger partial charge is 0.322 e. The number of nitrogens with one attached hydrogen (secondary N) is 1. The summed E-state index contributed by atoms with van der Waals surface area (Å²) in [5, 5.41) is 3.34. The quantitative estimate of drug-likeness (QED) is 0.571. The summed E-state index contributed by atoms with van der Waals surface area (Å²) in [5.74, 6) is 0.146. The number of esters is 1. The number of benzene rings is 1. The Morgan fingerprint density at radius 1 is 1.28 bits per heavy atom. The van der Waals surface area contributed by atoms with E-state index in [0.717, 1.165) is 5.56 Å². The first-order valence-corrected chi connectivity index (χ1v) is 8.85. The third-order valence-electron chi connectivity index (χ3n) is 4.53. The van der Waals surface area contributed by atoms with E-state index in [1.807, 2.05) is 30.3 Å². The fourth-order valence-electron chi connectivity index (χ4n) is 3.21. The first-order chi connectivity index (χ1) is 12.1. The van der Waals surface area contributed by atoms with Gasteiger partial charge in [-0.3, -0.25) is 10.1 Å². The lowest BCUT2D eigenvalue weighted by molar-refractivity contribution is -0.171. The number of epoxide rings is 1. The maximum absolute atomic E-state index is 12.0. The normalized spacial score (nSPS) is 29.1. The fraction of sp³-hybridized carbons (Fsp3) is 0.632. The summed E-state index contributed by atoms with van der Waals surface area (Å²) < 4.78 is 22.3. The van der Waals surface area contributed by atoms with Crippen molar-refractivity contribution < 1.29 is 23.7 Å². The predicted molar refractivity (Wildman–Crippen MR) is 91.8 cm³/mol. The van der Waals surface area contributed by atoms with Gasteiger partial charge in [0.1, 0.15) is 18.2 Å². The van der Waals surface area contributed by atoms with Crippen LogP contribution >= 0.6 is 0 Å². The van der Waals surface area contributed by atoms with Crippen molar-refractivity contribution in [2.24, 2.45) is 5.92 Å². The molecule has 0 aromatic heterocycles. The molecule has 138 valence electrons. The van der Waals surface area contributed by atoms with Gasteiger partial charge in [-0.2, -0.15) is 0 Å². The molecule has 2 aliphatic heterocycles. The average Bonchev–Trinajstić information content (AvgIpc) is 3.41. The molecule has 2 fully saturated rings. The Kier molecular flexibility index (Phi) is 6.06. The van der Waals surface area contributed by atoms with Crippen molar-refractivity contribution >= 4 is 5.97 Å². The van der Waals surface area contributed by atoms with Crippen molar-refractivity contribution in [1.29, 1.82) is 0 Å². The second-order valence-electron chi connectivity index (χ2n) is 7.04. The largest absolute Gasteiger partial charge is 0.468 e. The van der Waals surface area contributed by atoms with Gasteiger partial charge in [0.15, 0.2) is 6.29 Å². The van der Waals surface area contributed by atoms with Gasteiger partial charge in [-0.15, -0.1) is 0 Å². The van der Waals surface area contributed by atoms with E-state index in [4.69, 9.17) is 18.9 Å². The van der Waals surface area contributed by atoms with Crippen LogP contribution in [-0.2, 0) is 30.3 Å². The summed E-state index contributed by atoms with van der Waals surface area (Å²) in [5.41, 5.74) is 1.10. The molecule has 1 aromatic carbocycles. The van der Waals surface area contributed by atoms with Crippen LogP contribution in [0, 0.1) is 5.92 Å². The Morgan fingerprint density at radius 2 is 2.04 bits per heavy atom. The fourth-order valence-corrected chi connectivity index (χ4v) is 3.21. The number of rotatable bonds is 8. The van der Waals surface area contributed by atoms with Gasteiger partial charge in [0.2, 0.25) is 0 Å². The highest BCUT2D eigenvalue weighted by Gasteiger charge is 2.55. The molecule has 0 aliphatic carbocycles. The second kappa shape index (κ2) is 8.27. The Morgan fingerprint density at radius 3 is 2.72 bits per heavy atom. The van der Waals surface area contributed by atoms with Crippen LogP contribution in [0.15, 0.2) is 30.3 Å². The van der Waals surface area contributed by atoms with Crippen LogP contribution in [0.25, 0.3) is 0 Å². The molecule has 1 aromatic rings. The summed E-state index contributed by atoms with van der Waals surface area (Å²) in [6.45, 7) is 5.11. The molecule has 2 saturated heterocycles. The van der Waals surface area contributed by atoms with Crippen LogP contribution in [0.2, 0.25) is 0 Å². The van der Waals surface area contributed by atoms with E-state index in [9.17, 15) is 4.79 Å². The summed E-state index contributed by atoms with van der Waals surface area (Å²) in [4.78, 5) is 12.0. The maximum Gasteiger partial charge on any atom is 0.322 e. The topological polar surface area (TPSA) is 69.3 Å². The van der Waals surface area contributed by atoms with Crippen LogP contribution in [0.1, 0.15) is 25.8 Å². The minimum absolute atomic E-state index is 0.0221. The third-order valence-corrected chi connectivity index (χ3v) is 4.53. The predicted octanol–water partition coefficient (Wildman–Crippen LogP) is 1.87. The lowest BCUT2D eigenvalue weighted by Crippen LogP contribution is -2.53. The van der Waals surface area contributed by atoms with Crippen LogP contribution in [-0.4, -0.2) is 50.3 Å². The standard InChI is InChI=1S/C19H27NO5/c1-12(2)9-14(18(21)22-3)20-15-11-24-19(17-16(15)25-17)23-10-13-7-5-4-6-8-13/h4-8,12,14-17,19-20H,9-11H2,1-3H3/t14-,15-,16+,17+,19-/m0/s1. The monoisotopic (exact) mass is 349 g/mol. The van der Waals surface area contributed by atoms with Crippen molar-refractivity contribution in [3.8, 4) is 0 Å². The molecule has 6 nitrogen and oxygen atoms in total. The van der Waals surface area contributed by atoms with Gasteiger partial charge in [0.25, 0.3) is 0 Å². The minimum Gasteiger partial charge on any atom is -0.468 e. The zero-order chi connectivity index (χ0) is 17.8. The van der Waals surface area contributed by atoms with Gasteiger partial charge in [0, 0.05) is 0 Å². The van der Waals surface area contributed by atoms with Gasteiger partial charge < -0.3 is 18.9 Å². The zero-order valence-electron chi connectivity index (χ0n) is 15.0. The van der Waals surface area contributed by atoms with E-state index >= 15 is 0 Å². The number of carbonyl (C=O) groups excluding carboxylic acids is 1. The Bertz CT molecular complexity index is 564. The van der Waals surface area contributed by atoms with Gasteiger partial charge >= 0.3 is 5.97 Å². The first kappa shape index (κ1) is 18.3. The Labute approximate surface area is 148 Å². The summed E-state index contributed by atoms with van der Waals surface area (Å²) in [6, 6.07) is 9.62. The highest BCUT2D eigenvalue weighted by atomic mass is 16.7. The van der Waals surface area contributed by atoms with E-state index in [0.29, 0.717) is 25.6 Å². The van der Waals surface area contributed by atoms with Crippen LogP contribution in [0.5, 0.6) is 0 Å². The van der Waals surface area contributed by atoms with Crippen molar-refractivity contribution in [2.45, 2.75) is 57.5 Å². The number of fused-ring (bicyclic) bond motifs is 1. The van der Waals surface area contributed by atoms with Gasteiger partial charge in [-0.25, -0.2) is 0 Å². The van der Waals surface area contributed by atoms with Crippen LogP contribution in [0.3, 0.4) is 0 Å². The molecule has 2 heterocycles. The molecule has 5 atom stereocenters. The molecule has 2 aliphatic rings. The average molecular weight is 349 g/mol. The molecular formula is C19H27NO5. The molecule has 25 heavy (non-hydrogen) atoms. The third kappa shape index (κ3) is 4.79. The van der Waals surface area contributed by atoms with E-state index in [2.05, 4.69) is 19.2 Å². The van der Waals surface area contributed by atoms with E-state index in [1.165, 1.54) is 7.11 Å². The molecule has 0 unspecified atom stereocenters. The minimum atomic E-state index is -0.357. The highest BCUT2D eigenvalue weighted by Crippen LogP contribution is 2.35. The zero-order valence-corrected chi connectivity index (χ0v) is 15.0. The van der Waals surface area contributed by atoms with Crippen LogP contribution < -0.4 is 5.32 Å². The lowest BCUT2D eigenvalue weighted by Gasteiger charge is -2.29. The molecule has 0 amide bonds. The number of hydrogen-bond donors (Lipinski definition) is 1. The molecular weight excluding hydrogens is 322 g/mol. The van der Waals surface area contributed by atoms with Crippen molar-refractivity contribution in [3.63, 3.8) is 0 Å². The van der Waals surface area contributed by atoms with Gasteiger partial charge in [-0.05, 0) is 17.9 Å².